The maximum atomic E-state index is 13.9. The van der Waals surface area contributed by atoms with Crippen LogP contribution in [0, 0.1) is 24.7 Å². The number of pyridine rings is 1. The van der Waals surface area contributed by atoms with Crippen molar-refractivity contribution < 1.29 is 29.0 Å². The van der Waals surface area contributed by atoms with Gasteiger partial charge in [0.2, 0.25) is 11.8 Å². The van der Waals surface area contributed by atoms with Crippen molar-refractivity contribution in [2.24, 2.45) is 17.8 Å². The number of nitrogens with zero attached hydrogens (tertiary/aromatic N) is 3. The maximum Gasteiger partial charge on any atom is 0.330 e. The Hall–Kier alpha value is -3.99. The summed E-state index contributed by atoms with van der Waals surface area (Å²) in [6, 6.07) is 5.77. The molecule has 1 aromatic carbocycles. The molecule has 11 heteroatoms. The van der Waals surface area contributed by atoms with E-state index in [2.05, 4.69) is 10.7 Å². The number of carboxylic acids is 1. The third kappa shape index (κ3) is 6.54. The van der Waals surface area contributed by atoms with E-state index in [9.17, 15) is 19.5 Å². The minimum Gasteiger partial charge on any atom is -0.496 e. The molecule has 7 rings (SSSR count). The van der Waals surface area contributed by atoms with Crippen LogP contribution in [0.4, 0.5) is 0 Å². The highest BCUT2D eigenvalue weighted by Crippen LogP contribution is 2.47. The summed E-state index contributed by atoms with van der Waals surface area (Å²) in [5.41, 5.74) is 1.82. The Morgan fingerprint density at radius 2 is 1.84 bits per heavy atom. The van der Waals surface area contributed by atoms with Gasteiger partial charge < -0.3 is 24.8 Å². The average Bonchev–Trinajstić information content (AvgIpc) is 3.40. The molecule has 49 heavy (non-hydrogen) atoms. The van der Waals surface area contributed by atoms with Gasteiger partial charge in [-0.1, -0.05) is 31.4 Å². The Bertz CT molecular complexity index is 1780. The molecular formula is C38H46N4O6S. The van der Waals surface area contributed by atoms with Crippen LogP contribution < -0.4 is 14.8 Å². The third-order valence-corrected chi connectivity index (χ3v) is 12.2. The number of amides is 2. The quantitative estimate of drug-likeness (QED) is 0.276. The van der Waals surface area contributed by atoms with Crippen molar-refractivity contribution in [2.75, 3.05) is 20.7 Å². The molecule has 2 amide bonds. The lowest BCUT2D eigenvalue weighted by atomic mass is 9.90. The van der Waals surface area contributed by atoms with E-state index in [4.69, 9.17) is 19.4 Å². The summed E-state index contributed by atoms with van der Waals surface area (Å²) in [6.45, 7) is 2.58. The Morgan fingerprint density at radius 1 is 1.04 bits per heavy atom. The van der Waals surface area contributed by atoms with Gasteiger partial charge in [-0.2, -0.15) is 0 Å². The van der Waals surface area contributed by atoms with Gasteiger partial charge in [-0.3, -0.25) is 9.59 Å². The van der Waals surface area contributed by atoms with Crippen molar-refractivity contribution in [3.8, 4) is 22.9 Å². The lowest BCUT2D eigenvalue weighted by molar-refractivity contribution is -0.145. The monoisotopic (exact) mass is 686 g/mol. The van der Waals surface area contributed by atoms with E-state index in [1.165, 1.54) is 32.1 Å². The number of aromatic nitrogens is 2. The molecule has 2 N–H and O–H groups in total. The van der Waals surface area contributed by atoms with Gasteiger partial charge in [0.15, 0.2) is 0 Å². The first-order valence-electron chi connectivity index (χ1n) is 17.8. The van der Waals surface area contributed by atoms with Gasteiger partial charge in [0.05, 0.1) is 40.9 Å². The van der Waals surface area contributed by atoms with E-state index >= 15 is 0 Å². The van der Waals surface area contributed by atoms with E-state index < -0.39 is 35.4 Å². The summed E-state index contributed by atoms with van der Waals surface area (Å²) < 4.78 is 12.4. The molecule has 1 aliphatic heterocycles. The molecule has 0 bridgehead atoms. The van der Waals surface area contributed by atoms with Crippen LogP contribution in [0.3, 0.4) is 0 Å². The normalized spacial score (nSPS) is 28.7. The Morgan fingerprint density at radius 3 is 2.61 bits per heavy atom. The molecule has 3 saturated carbocycles. The number of rotatable bonds is 6. The van der Waals surface area contributed by atoms with Gasteiger partial charge in [-0.25, -0.2) is 14.8 Å². The predicted octanol–water partition coefficient (Wildman–Crippen LogP) is 6.65. The van der Waals surface area contributed by atoms with Crippen molar-refractivity contribution >= 4 is 40.0 Å². The van der Waals surface area contributed by atoms with E-state index in [1.54, 1.807) is 30.4 Å². The van der Waals surface area contributed by atoms with Crippen molar-refractivity contribution in [1.82, 2.24) is 20.2 Å². The molecule has 5 unspecified atom stereocenters. The van der Waals surface area contributed by atoms with Crippen LogP contribution in [0.5, 0.6) is 11.5 Å². The molecule has 2 aromatic heterocycles. The Kier molecular flexibility index (Phi) is 9.39. The SMILES string of the molecule is COc1ccc2c(OC3CC4C(=O)NC5(C(=O)O)CC5/C=C/CCCCN(C)C(=O)C4C3)cc(-c3csc(C4CCCCC4)n3)nc2c1C. The van der Waals surface area contributed by atoms with Gasteiger partial charge in [-0.15, -0.1) is 11.3 Å². The number of nitrogens with one attached hydrogen (secondary N) is 1. The summed E-state index contributed by atoms with van der Waals surface area (Å²) in [6.07, 6.45) is 13.1. The van der Waals surface area contributed by atoms with Crippen LogP contribution in [-0.4, -0.2) is 70.1 Å². The van der Waals surface area contributed by atoms with Gasteiger partial charge in [0.1, 0.15) is 23.1 Å². The number of hydrogen-bond donors (Lipinski definition) is 2. The zero-order valence-electron chi connectivity index (χ0n) is 28.6. The van der Waals surface area contributed by atoms with Gasteiger partial charge >= 0.3 is 5.97 Å². The largest absolute Gasteiger partial charge is 0.496 e. The number of benzene rings is 1. The number of aryl methyl sites for hydroxylation is 1. The van der Waals surface area contributed by atoms with Crippen molar-refractivity contribution in [1.29, 1.82) is 0 Å². The molecule has 5 atom stereocenters. The number of carboxylic acid groups (broad SMARTS) is 1. The summed E-state index contributed by atoms with van der Waals surface area (Å²) in [5.74, 6) is -1.31. The van der Waals surface area contributed by atoms with E-state index in [1.807, 2.05) is 37.3 Å². The van der Waals surface area contributed by atoms with Crippen LogP contribution >= 0.6 is 11.3 Å². The third-order valence-electron chi connectivity index (χ3n) is 11.2. The highest BCUT2D eigenvalue weighted by atomic mass is 32.1. The van der Waals surface area contributed by atoms with Crippen molar-refractivity contribution in [2.45, 2.75) is 95.1 Å². The van der Waals surface area contributed by atoms with Crippen LogP contribution in [0.25, 0.3) is 22.3 Å². The fourth-order valence-corrected chi connectivity index (χ4v) is 9.13. The lowest BCUT2D eigenvalue weighted by Crippen LogP contribution is -2.49. The second-order valence-corrected chi connectivity index (χ2v) is 15.3. The highest BCUT2D eigenvalue weighted by molar-refractivity contribution is 7.10. The number of methoxy groups -OCH3 is 1. The zero-order chi connectivity index (χ0) is 34.3. The number of fused-ring (bicyclic) bond motifs is 3. The molecular weight excluding hydrogens is 641 g/mol. The maximum absolute atomic E-state index is 13.9. The Labute approximate surface area is 291 Å². The highest BCUT2D eigenvalue weighted by Gasteiger charge is 2.61. The second-order valence-electron chi connectivity index (χ2n) is 14.4. The van der Waals surface area contributed by atoms with E-state index in [0.717, 1.165) is 52.2 Å². The second kappa shape index (κ2) is 13.7. The predicted molar refractivity (Wildman–Crippen MR) is 188 cm³/mol. The fourth-order valence-electron chi connectivity index (χ4n) is 8.14. The number of carbonyl (C=O) groups excluding carboxylic acids is 2. The zero-order valence-corrected chi connectivity index (χ0v) is 29.4. The molecule has 3 aromatic rings. The number of ether oxygens (including phenoxy) is 2. The molecule has 0 saturated heterocycles. The number of allylic oxidation sites excluding steroid dienone is 1. The summed E-state index contributed by atoms with van der Waals surface area (Å²) in [7, 11) is 3.43. The first-order chi connectivity index (χ1) is 23.7. The number of aliphatic carboxylic acids is 1. The number of hydrogen-bond acceptors (Lipinski definition) is 8. The molecule has 0 spiro atoms. The molecule has 10 nitrogen and oxygen atoms in total. The van der Waals surface area contributed by atoms with E-state index in [0.29, 0.717) is 43.2 Å². The van der Waals surface area contributed by atoms with Crippen LogP contribution in [0.15, 0.2) is 35.7 Å². The minimum absolute atomic E-state index is 0.103. The van der Waals surface area contributed by atoms with Gasteiger partial charge in [0, 0.05) is 47.8 Å². The van der Waals surface area contributed by atoms with Gasteiger partial charge in [0.25, 0.3) is 0 Å². The van der Waals surface area contributed by atoms with Crippen molar-refractivity contribution in [3.05, 3.63) is 46.3 Å². The fraction of sp³-hybridized carbons (Fsp3) is 0.553. The standard InChI is InChI=1S/C38H46N4O6S/c1-22-31(47-3)15-14-26-32(19-29(39-33(22)26)30-21-49-35(40-30)23-11-7-6-8-12-23)48-25-17-27-28(18-25)36(44)42(2)16-10-5-4-9-13-24-20-38(24,37(45)46)41-34(27)43/h9,13-15,19,21,23-25,27-28H,4-8,10-12,16-18,20H2,1-3H3,(H,41,43)(H,45,46)/b13-9+. The lowest BCUT2D eigenvalue weighted by Gasteiger charge is -2.26. The molecule has 3 heterocycles. The molecule has 260 valence electrons. The topological polar surface area (TPSA) is 131 Å². The molecule has 4 aliphatic rings. The number of thiazole rings is 1. The van der Waals surface area contributed by atoms with Crippen LogP contribution in [0.1, 0.15) is 87.1 Å². The average molecular weight is 687 g/mol. The summed E-state index contributed by atoms with van der Waals surface area (Å²) in [5, 5.41) is 17.0. The summed E-state index contributed by atoms with van der Waals surface area (Å²) >= 11 is 1.69. The minimum atomic E-state index is -1.33. The number of carbonyl (C=O) groups is 3. The summed E-state index contributed by atoms with van der Waals surface area (Å²) in [4.78, 5) is 52.0. The first-order valence-corrected chi connectivity index (χ1v) is 18.6. The molecule has 3 aliphatic carbocycles. The molecule has 0 radical (unpaired) electrons. The Balaban J connectivity index is 1.21. The van der Waals surface area contributed by atoms with Gasteiger partial charge in [-0.05, 0) is 70.4 Å². The molecule has 3 fully saturated rings. The van der Waals surface area contributed by atoms with Crippen molar-refractivity contribution in [3.63, 3.8) is 0 Å². The van der Waals surface area contributed by atoms with Crippen LogP contribution in [0.2, 0.25) is 0 Å². The van der Waals surface area contributed by atoms with Crippen LogP contribution in [-0.2, 0) is 14.4 Å². The van der Waals surface area contributed by atoms with E-state index in [-0.39, 0.29) is 11.8 Å². The first kappa shape index (κ1) is 33.5. The smallest absolute Gasteiger partial charge is 0.330 e.